The zero-order chi connectivity index (χ0) is 58.6. The molecule has 0 unspecified atom stereocenters. The van der Waals surface area contributed by atoms with Crippen molar-refractivity contribution in [2.24, 2.45) is 0 Å². The van der Waals surface area contributed by atoms with E-state index >= 15 is 0 Å². The summed E-state index contributed by atoms with van der Waals surface area (Å²) < 4.78 is 2.59. The average molecular weight is 1110 g/mol. The molecule has 3 nitrogen and oxygen atoms in total. The van der Waals surface area contributed by atoms with Gasteiger partial charge in [0.1, 0.15) is 0 Å². The molecule has 2 aliphatic heterocycles. The monoisotopic (exact) mass is 1110 g/mol. The van der Waals surface area contributed by atoms with E-state index in [1.54, 1.807) is 0 Å². The highest BCUT2D eigenvalue weighted by Crippen LogP contribution is 2.57. The number of nitrogens with zero attached hydrogens (tertiary/aromatic N) is 3. The average Bonchev–Trinajstić information content (AvgIpc) is 1.19. The summed E-state index contributed by atoms with van der Waals surface area (Å²) in [6.45, 7) is 32.5. The fourth-order valence-corrected chi connectivity index (χ4v) is 15.1. The fraction of sp³-hybridized carbons (Fsp3) is 0.241. The Morgan fingerprint density at radius 1 is 0.405 bits per heavy atom. The van der Waals surface area contributed by atoms with Gasteiger partial charge in [0.05, 0.1) is 16.1 Å². The van der Waals surface area contributed by atoms with Crippen molar-refractivity contribution >= 4 is 94.8 Å². The van der Waals surface area contributed by atoms with E-state index in [9.17, 15) is 0 Å². The van der Waals surface area contributed by atoms with Crippen molar-refractivity contribution in [2.75, 3.05) is 14.6 Å². The van der Waals surface area contributed by atoms with Crippen molar-refractivity contribution < 1.29 is 0 Å². The summed E-state index contributed by atoms with van der Waals surface area (Å²) in [7, 11) is 0. The predicted octanol–water partition coefficient (Wildman–Crippen LogP) is 21.4. The highest BCUT2D eigenvalue weighted by molar-refractivity contribution is 7.26. The second-order valence-electron chi connectivity index (χ2n) is 28.7. The lowest BCUT2D eigenvalue weighted by molar-refractivity contribution is 0.590. The molecule has 0 N–H and O–H groups in total. The quantitative estimate of drug-likeness (QED) is 0.154. The van der Waals surface area contributed by atoms with E-state index in [0.717, 1.165) is 17.1 Å². The van der Waals surface area contributed by atoms with Crippen molar-refractivity contribution in [3.8, 4) is 33.4 Å². The molecule has 3 heterocycles. The molecule has 10 aromatic carbocycles. The molecule has 0 atom stereocenters. The van der Waals surface area contributed by atoms with Gasteiger partial charge in [0.15, 0.2) is 0 Å². The summed E-state index contributed by atoms with van der Waals surface area (Å²) in [5.41, 5.74) is 27.3. The number of benzene rings is 10. The predicted molar refractivity (Wildman–Crippen MR) is 366 cm³/mol. The van der Waals surface area contributed by atoms with Crippen LogP contribution in [0.15, 0.2) is 206 Å². The molecule has 1 aromatic heterocycles. The molecular weight excluding hydrogens is 1030 g/mol. The zero-order valence-corrected chi connectivity index (χ0v) is 52.3. The van der Waals surface area contributed by atoms with E-state index in [0.29, 0.717) is 0 Å². The molecule has 3 aliphatic rings. The SMILES string of the molecule is CC(C)(C)c1ccc(N2B3c4cc5c(cc4N(c4ccc(C(C)(C)C)cc4-c4ccccc4)c4c3c(cc3c4sc4ccccc43)-c3cc(N(c4ccc(C(C)(C)C)cc4)c4ccc(C(C)(C)C)cc4)ccc32)-c2ccccc2C5(C)C)cc1. The first kappa shape index (κ1) is 53.9. The molecule has 0 amide bonds. The van der Waals surface area contributed by atoms with Crippen LogP contribution >= 0.6 is 11.3 Å². The number of fused-ring (bicyclic) bond motifs is 11. The van der Waals surface area contributed by atoms with Crippen molar-refractivity contribution in [3.63, 3.8) is 0 Å². The lowest BCUT2D eigenvalue weighted by atomic mass is 9.43. The number of anilines is 8. The molecule has 11 aromatic rings. The van der Waals surface area contributed by atoms with Crippen molar-refractivity contribution in [1.82, 2.24) is 0 Å². The van der Waals surface area contributed by atoms with E-state index in [1.807, 2.05) is 11.3 Å². The molecule has 1 aliphatic carbocycles. The molecular formula is C79H76BN3S. The van der Waals surface area contributed by atoms with Gasteiger partial charge in [0.25, 0.3) is 0 Å². The maximum Gasteiger partial charge on any atom is 0.333 e. The van der Waals surface area contributed by atoms with Gasteiger partial charge in [-0.2, -0.15) is 0 Å². The van der Waals surface area contributed by atoms with Gasteiger partial charge in [-0.05, 0) is 173 Å². The van der Waals surface area contributed by atoms with E-state index in [1.165, 1.54) is 126 Å². The number of rotatable bonds is 6. The van der Waals surface area contributed by atoms with Crippen LogP contribution in [0.1, 0.15) is 130 Å². The van der Waals surface area contributed by atoms with Crippen LogP contribution < -0.4 is 25.5 Å². The lowest BCUT2D eigenvalue weighted by Crippen LogP contribution is -2.61. The normalized spacial score (nSPS) is 14.3. The third-order valence-electron chi connectivity index (χ3n) is 18.7. The summed E-state index contributed by atoms with van der Waals surface area (Å²) >= 11 is 1.94. The second kappa shape index (κ2) is 18.9. The minimum atomic E-state index is -0.228. The lowest BCUT2D eigenvalue weighted by Gasteiger charge is -2.47. The van der Waals surface area contributed by atoms with Gasteiger partial charge >= 0.3 is 6.85 Å². The van der Waals surface area contributed by atoms with Gasteiger partial charge in [-0.15, -0.1) is 11.3 Å². The van der Waals surface area contributed by atoms with Crippen molar-refractivity contribution in [3.05, 3.63) is 240 Å². The standard InChI is InChI=1S/C79H76BN3S/c1-75(2,3)50-28-35-54(36-29-50)81(55-37-30-51(31-38-55)76(4,5)6)57-41-43-69-62(45-57)63-46-64-59-25-19-21-27-71(59)84-74(64)73-72(63)80(83(69)56-39-32-52(33-40-56)77(7,8)9)67-48-66-61(58-24-18-20-26-65(58)79(66,13)14)47-70(67)82(73)68-42-34-53(78(10,11)12)44-60(68)49-22-16-15-17-23-49/h15-48H,1-14H3. The highest BCUT2D eigenvalue weighted by atomic mass is 32.1. The van der Waals surface area contributed by atoms with E-state index < -0.39 is 0 Å². The van der Waals surface area contributed by atoms with Crippen LogP contribution in [0.25, 0.3) is 53.6 Å². The first-order valence-electron chi connectivity index (χ1n) is 30.3. The molecule has 84 heavy (non-hydrogen) atoms. The molecule has 0 saturated carbocycles. The van der Waals surface area contributed by atoms with Gasteiger partial charge in [0, 0.05) is 66.1 Å². The number of thiophene rings is 1. The Morgan fingerprint density at radius 2 is 0.952 bits per heavy atom. The molecule has 0 saturated heterocycles. The first-order valence-corrected chi connectivity index (χ1v) is 31.1. The third kappa shape index (κ3) is 8.58. The smallest absolute Gasteiger partial charge is 0.333 e. The summed E-state index contributed by atoms with van der Waals surface area (Å²) in [5.74, 6) is 0. The number of hydrogen-bond donors (Lipinski definition) is 0. The number of hydrogen-bond acceptors (Lipinski definition) is 4. The first-order chi connectivity index (χ1) is 39.9. The van der Waals surface area contributed by atoms with Crippen LogP contribution in [0, 0.1) is 0 Å². The summed E-state index contributed by atoms with van der Waals surface area (Å²) in [6.07, 6.45) is 0. The van der Waals surface area contributed by atoms with E-state index in [4.69, 9.17) is 0 Å². The van der Waals surface area contributed by atoms with Gasteiger partial charge in [0.2, 0.25) is 0 Å². The third-order valence-corrected chi connectivity index (χ3v) is 19.9. The molecule has 0 spiro atoms. The molecule has 416 valence electrons. The van der Waals surface area contributed by atoms with E-state index in [2.05, 4.69) is 318 Å². The second-order valence-corrected chi connectivity index (χ2v) is 29.7. The Kier molecular flexibility index (Phi) is 12.1. The summed E-state index contributed by atoms with van der Waals surface area (Å²) in [6, 6.07) is 80.0. The Bertz CT molecular complexity index is 4370. The fourth-order valence-electron chi connectivity index (χ4n) is 13.9. The Morgan fingerprint density at radius 3 is 1.58 bits per heavy atom. The topological polar surface area (TPSA) is 9.72 Å². The minimum Gasteiger partial charge on any atom is -0.376 e. The Labute approximate surface area is 503 Å². The highest BCUT2D eigenvalue weighted by Gasteiger charge is 2.49. The summed E-state index contributed by atoms with van der Waals surface area (Å²) in [5, 5.41) is 2.57. The van der Waals surface area contributed by atoms with Crippen molar-refractivity contribution in [1.29, 1.82) is 0 Å². The van der Waals surface area contributed by atoms with Crippen LogP contribution in [0.2, 0.25) is 0 Å². The van der Waals surface area contributed by atoms with Gasteiger partial charge in [-0.3, -0.25) is 0 Å². The van der Waals surface area contributed by atoms with Crippen LogP contribution in [0.4, 0.5) is 45.5 Å². The van der Waals surface area contributed by atoms with Crippen LogP contribution in [-0.4, -0.2) is 6.85 Å². The molecule has 0 fully saturated rings. The zero-order valence-electron chi connectivity index (χ0n) is 51.5. The van der Waals surface area contributed by atoms with Gasteiger partial charge in [-0.1, -0.05) is 218 Å². The molecule has 5 heteroatoms. The largest absolute Gasteiger partial charge is 0.376 e. The van der Waals surface area contributed by atoms with Crippen molar-refractivity contribution in [2.45, 2.75) is 124 Å². The molecule has 0 bridgehead atoms. The maximum absolute atomic E-state index is 2.72. The van der Waals surface area contributed by atoms with E-state index in [-0.39, 0.29) is 33.9 Å². The van der Waals surface area contributed by atoms with Crippen LogP contribution in [0.5, 0.6) is 0 Å². The molecule has 14 rings (SSSR count). The maximum atomic E-state index is 2.72. The summed E-state index contributed by atoms with van der Waals surface area (Å²) in [4.78, 5) is 7.92. The van der Waals surface area contributed by atoms with Crippen LogP contribution in [0.3, 0.4) is 0 Å². The Hall–Kier alpha value is -8.12. The molecule has 0 radical (unpaired) electrons. The minimum absolute atomic E-state index is 0.0149. The van der Waals surface area contributed by atoms with Crippen LogP contribution in [-0.2, 0) is 27.1 Å². The Balaban J connectivity index is 1.13. The van der Waals surface area contributed by atoms with Gasteiger partial charge < -0.3 is 14.6 Å². The van der Waals surface area contributed by atoms with Gasteiger partial charge in [-0.25, -0.2) is 0 Å².